The van der Waals surface area contributed by atoms with E-state index in [0.29, 0.717) is 12.0 Å². The van der Waals surface area contributed by atoms with E-state index < -0.39 is 23.8 Å². The van der Waals surface area contributed by atoms with Crippen molar-refractivity contribution < 1.29 is 27.1 Å². The third kappa shape index (κ3) is 2.88. The van der Waals surface area contributed by atoms with E-state index in [1.807, 2.05) is 6.92 Å². The Morgan fingerprint density at radius 2 is 1.79 bits per heavy atom. The van der Waals surface area contributed by atoms with Gasteiger partial charge in [0.05, 0.1) is 0 Å². The van der Waals surface area contributed by atoms with E-state index >= 15 is 0 Å². The molecule has 0 fully saturated rings. The zero-order valence-corrected chi connectivity index (χ0v) is 10.5. The number of hydrogen-bond donors (Lipinski definition) is 1. The topological polar surface area (TPSA) is 20.2 Å². The van der Waals surface area contributed by atoms with E-state index in [1.54, 1.807) is 13.0 Å². The van der Waals surface area contributed by atoms with Gasteiger partial charge >= 0.3 is 6.18 Å². The Morgan fingerprint density at radius 1 is 1.21 bits per heavy atom. The maximum atomic E-state index is 12.7. The average Bonchev–Trinajstić information content (AvgIpc) is 2.35. The molecule has 1 aromatic carbocycles. The predicted molar refractivity (Wildman–Crippen MR) is 61.1 cm³/mol. The predicted octanol–water partition coefficient (Wildman–Crippen LogP) is 4.22. The summed E-state index contributed by atoms with van der Waals surface area (Å²) in [6.07, 6.45) is -8.72. The second-order valence-corrected chi connectivity index (χ2v) is 4.50. The van der Waals surface area contributed by atoms with Gasteiger partial charge in [0, 0.05) is 0 Å². The lowest BCUT2D eigenvalue weighted by molar-refractivity contribution is -0.305. The van der Waals surface area contributed by atoms with Crippen LogP contribution in [0.3, 0.4) is 0 Å². The molecular formula is C13H15F5O. The Labute approximate surface area is 108 Å². The first-order valence-corrected chi connectivity index (χ1v) is 5.82. The van der Waals surface area contributed by atoms with Gasteiger partial charge in [-0.25, -0.2) is 8.78 Å². The van der Waals surface area contributed by atoms with Gasteiger partial charge in [-0.05, 0) is 23.5 Å². The molecule has 0 saturated heterocycles. The SMILES string of the molecule is CCC(C)c1cccc(C(O)(C(F)F)C(F)(F)F)c1. The number of halogens is 5. The molecule has 0 bridgehead atoms. The van der Waals surface area contributed by atoms with Crippen molar-refractivity contribution in [1.82, 2.24) is 0 Å². The van der Waals surface area contributed by atoms with E-state index in [-0.39, 0.29) is 5.92 Å². The highest BCUT2D eigenvalue weighted by atomic mass is 19.4. The Morgan fingerprint density at radius 3 is 2.21 bits per heavy atom. The monoisotopic (exact) mass is 282 g/mol. The fourth-order valence-electron chi connectivity index (χ4n) is 1.73. The Bertz CT molecular complexity index is 429. The fraction of sp³-hybridized carbons (Fsp3) is 0.538. The highest BCUT2D eigenvalue weighted by Gasteiger charge is 2.61. The van der Waals surface area contributed by atoms with Crippen LogP contribution in [0.25, 0.3) is 0 Å². The van der Waals surface area contributed by atoms with Crippen molar-refractivity contribution in [2.24, 2.45) is 0 Å². The second kappa shape index (κ2) is 5.45. The van der Waals surface area contributed by atoms with Crippen LogP contribution in [0.2, 0.25) is 0 Å². The van der Waals surface area contributed by atoms with Crippen LogP contribution >= 0.6 is 0 Å². The summed E-state index contributed by atoms with van der Waals surface area (Å²) in [5.41, 5.74) is -4.47. The van der Waals surface area contributed by atoms with Crippen molar-refractivity contribution in [3.8, 4) is 0 Å². The molecule has 6 heteroatoms. The maximum absolute atomic E-state index is 12.7. The molecule has 2 atom stereocenters. The Balaban J connectivity index is 3.33. The first-order chi connectivity index (χ1) is 8.64. The van der Waals surface area contributed by atoms with Crippen LogP contribution in [-0.2, 0) is 5.60 Å². The van der Waals surface area contributed by atoms with Gasteiger partial charge in [-0.2, -0.15) is 13.2 Å². The largest absolute Gasteiger partial charge is 0.427 e. The lowest BCUT2D eigenvalue weighted by Gasteiger charge is -2.30. The minimum Gasteiger partial charge on any atom is -0.372 e. The van der Waals surface area contributed by atoms with Crippen molar-refractivity contribution >= 4 is 0 Å². The fourth-order valence-corrected chi connectivity index (χ4v) is 1.73. The van der Waals surface area contributed by atoms with E-state index in [1.165, 1.54) is 6.07 Å². The summed E-state index contributed by atoms with van der Waals surface area (Å²) >= 11 is 0. The van der Waals surface area contributed by atoms with Gasteiger partial charge in [0.2, 0.25) is 5.60 Å². The van der Waals surface area contributed by atoms with Gasteiger partial charge < -0.3 is 5.11 Å². The molecule has 1 nitrogen and oxygen atoms in total. The summed E-state index contributed by atoms with van der Waals surface area (Å²) in [6, 6.07) is 4.66. The summed E-state index contributed by atoms with van der Waals surface area (Å²) < 4.78 is 63.6. The molecule has 0 radical (unpaired) electrons. The molecule has 0 heterocycles. The second-order valence-electron chi connectivity index (χ2n) is 4.50. The van der Waals surface area contributed by atoms with E-state index in [4.69, 9.17) is 0 Å². The van der Waals surface area contributed by atoms with Gasteiger partial charge in [0.25, 0.3) is 6.43 Å². The van der Waals surface area contributed by atoms with Gasteiger partial charge in [0.1, 0.15) is 0 Å². The summed E-state index contributed by atoms with van der Waals surface area (Å²) in [4.78, 5) is 0. The molecule has 108 valence electrons. The lowest BCUT2D eigenvalue weighted by atomic mass is 9.89. The minimum atomic E-state index is -5.44. The third-order valence-electron chi connectivity index (χ3n) is 3.26. The molecular weight excluding hydrogens is 267 g/mol. The van der Waals surface area contributed by atoms with Crippen molar-refractivity contribution in [1.29, 1.82) is 0 Å². The van der Waals surface area contributed by atoms with E-state index in [2.05, 4.69) is 0 Å². The van der Waals surface area contributed by atoms with E-state index in [0.717, 1.165) is 12.1 Å². The van der Waals surface area contributed by atoms with Crippen molar-refractivity contribution in [3.05, 3.63) is 35.4 Å². The summed E-state index contributed by atoms with van der Waals surface area (Å²) in [5.74, 6) is -0.0740. The summed E-state index contributed by atoms with van der Waals surface area (Å²) in [5, 5.41) is 9.40. The van der Waals surface area contributed by atoms with Crippen LogP contribution in [0.15, 0.2) is 24.3 Å². The minimum absolute atomic E-state index is 0.0740. The molecule has 0 aliphatic heterocycles. The van der Waals surface area contributed by atoms with Crippen molar-refractivity contribution in [3.63, 3.8) is 0 Å². The normalized spacial score (nSPS) is 17.3. The van der Waals surface area contributed by atoms with Crippen LogP contribution in [0.1, 0.15) is 37.3 Å². The number of aliphatic hydroxyl groups is 1. The van der Waals surface area contributed by atoms with Crippen LogP contribution in [0, 0.1) is 0 Å². The standard InChI is InChI=1S/C13H15F5O/c1-3-8(2)9-5-4-6-10(7-9)12(19,11(14)15)13(16,17)18/h4-8,11,19H,3H2,1-2H3. The third-order valence-corrected chi connectivity index (χ3v) is 3.26. The molecule has 0 saturated carbocycles. The smallest absolute Gasteiger partial charge is 0.372 e. The highest BCUT2D eigenvalue weighted by molar-refractivity contribution is 5.32. The van der Waals surface area contributed by atoms with Gasteiger partial charge in [-0.15, -0.1) is 0 Å². The molecule has 19 heavy (non-hydrogen) atoms. The van der Waals surface area contributed by atoms with Gasteiger partial charge in [-0.3, -0.25) is 0 Å². The number of alkyl halides is 5. The van der Waals surface area contributed by atoms with Crippen LogP contribution in [0.4, 0.5) is 22.0 Å². The van der Waals surface area contributed by atoms with Crippen molar-refractivity contribution in [2.45, 2.75) is 44.4 Å². The average molecular weight is 282 g/mol. The molecule has 2 unspecified atom stereocenters. The number of rotatable bonds is 4. The summed E-state index contributed by atoms with van der Waals surface area (Å²) in [7, 11) is 0. The zero-order valence-electron chi connectivity index (χ0n) is 10.5. The zero-order chi connectivity index (χ0) is 14.8. The molecule has 0 aliphatic rings. The van der Waals surface area contributed by atoms with Gasteiger partial charge in [0.15, 0.2) is 0 Å². The molecule has 0 aliphatic carbocycles. The number of hydrogen-bond acceptors (Lipinski definition) is 1. The first-order valence-electron chi connectivity index (χ1n) is 5.82. The first kappa shape index (κ1) is 15.9. The van der Waals surface area contributed by atoms with Gasteiger partial charge in [-0.1, -0.05) is 38.1 Å². The van der Waals surface area contributed by atoms with Crippen LogP contribution in [-0.4, -0.2) is 17.7 Å². The molecule has 0 spiro atoms. The molecule has 0 aromatic heterocycles. The molecule has 0 amide bonds. The highest BCUT2D eigenvalue weighted by Crippen LogP contribution is 2.43. The van der Waals surface area contributed by atoms with E-state index in [9.17, 15) is 27.1 Å². The molecule has 1 rings (SSSR count). The van der Waals surface area contributed by atoms with Crippen LogP contribution in [0.5, 0.6) is 0 Å². The Kier molecular flexibility index (Phi) is 4.55. The lowest BCUT2D eigenvalue weighted by Crippen LogP contribution is -2.48. The van der Waals surface area contributed by atoms with Crippen LogP contribution < -0.4 is 0 Å². The molecule has 1 N–H and O–H groups in total. The Hall–Kier alpha value is -1.17. The summed E-state index contributed by atoms with van der Waals surface area (Å²) in [6.45, 7) is 3.61. The van der Waals surface area contributed by atoms with Crippen molar-refractivity contribution in [2.75, 3.05) is 0 Å². The maximum Gasteiger partial charge on any atom is 0.427 e. The quantitative estimate of drug-likeness (QED) is 0.820. The molecule has 1 aromatic rings. The number of benzene rings is 1.